The fourth-order valence-electron chi connectivity index (χ4n) is 10.4. The van der Waals surface area contributed by atoms with Gasteiger partial charge in [-0.15, -0.1) is 0 Å². The third-order valence-electron chi connectivity index (χ3n) is 12.3. The number of hydrogen-bond donors (Lipinski definition) is 1. The van der Waals surface area contributed by atoms with E-state index in [0.29, 0.717) is 24.3 Å². The number of aliphatic hydroxyl groups is 1. The second kappa shape index (κ2) is 11.4. The van der Waals surface area contributed by atoms with Gasteiger partial charge in [0.2, 0.25) is 0 Å². The summed E-state index contributed by atoms with van der Waals surface area (Å²) >= 11 is 0. The zero-order valence-electron chi connectivity index (χ0n) is 27.1. The summed E-state index contributed by atoms with van der Waals surface area (Å²) < 4.78 is 17.3. The second-order valence-electron chi connectivity index (χ2n) is 14.9. The normalized spacial score (nSPS) is 42.4. The maximum Gasteiger partial charge on any atom is 0.309 e. The first-order chi connectivity index (χ1) is 19.4. The molecular weight excluding hydrogens is 536 g/mol. The van der Waals surface area contributed by atoms with Gasteiger partial charge in [-0.3, -0.25) is 19.2 Å². The molecule has 8 nitrogen and oxygen atoms in total. The second-order valence-corrected chi connectivity index (χ2v) is 14.9. The number of fused-ring (bicyclic) bond motifs is 5. The number of aliphatic hydroxyl groups excluding tert-OH is 1. The molecule has 1 N–H and O–H groups in total. The van der Waals surface area contributed by atoms with Crippen molar-refractivity contribution < 1.29 is 38.5 Å². The molecule has 4 aliphatic carbocycles. The van der Waals surface area contributed by atoms with E-state index in [9.17, 15) is 24.3 Å². The van der Waals surface area contributed by atoms with Crippen LogP contribution < -0.4 is 0 Å². The summed E-state index contributed by atoms with van der Waals surface area (Å²) in [5, 5.41) is 11.2. The minimum Gasteiger partial charge on any atom is -0.462 e. The van der Waals surface area contributed by atoms with Gasteiger partial charge in [-0.2, -0.15) is 0 Å². The number of carbonyl (C=O) groups excluding carboxylic acids is 4. The molecule has 0 radical (unpaired) electrons. The maximum absolute atomic E-state index is 13.3. The minimum absolute atomic E-state index is 0.0117. The Morgan fingerprint density at radius 1 is 0.881 bits per heavy atom. The Kier molecular flexibility index (Phi) is 8.85. The monoisotopic (exact) mass is 588 g/mol. The van der Waals surface area contributed by atoms with Crippen molar-refractivity contribution >= 4 is 23.7 Å². The Morgan fingerprint density at radius 3 is 2.10 bits per heavy atom. The molecule has 0 heterocycles. The molecule has 0 amide bonds. The first-order valence-corrected chi connectivity index (χ1v) is 15.8. The summed E-state index contributed by atoms with van der Waals surface area (Å²) in [6.45, 7) is 17.1. The zero-order valence-corrected chi connectivity index (χ0v) is 27.1. The Morgan fingerprint density at radius 2 is 1.50 bits per heavy atom. The van der Waals surface area contributed by atoms with E-state index in [4.69, 9.17) is 14.2 Å². The number of carbonyl (C=O) groups is 4. The van der Waals surface area contributed by atoms with E-state index in [1.54, 1.807) is 6.92 Å². The predicted molar refractivity (Wildman–Crippen MR) is 157 cm³/mol. The number of esters is 3. The third kappa shape index (κ3) is 5.46. The average Bonchev–Trinajstić information content (AvgIpc) is 2.84. The average molecular weight is 589 g/mol. The van der Waals surface area contributed by atoms with Crippen LogP contribution >= 0.6 is 0 Å². The molecule has 0 spiro atoms. The van der Waals surface area contributed by atoms with E-state index in [-0.39, 0.29) is 52.4 Å². The van der Waals surface area contributed by atoms with Crippen LogP contribution in [0.3, 0.4) is 0 Å². The number of Topliss-reactive ketones (excluding diaryl/α,β-unsaturated/α-hetero) is 1. The quantitative estimate of drug-likeness (QED) is 0.296. The Bertz CT molecular complexity index is 1140. The molecule has 1 unspecified atom stereocenters. The van der Waals surface area contributed by atoms with E-state index < -0.39 is 35.7 Å². The largest absolute Gasteiger partial charge is 0.462 e. The van der Waals surface area contributed by atoms with E-state index in [1.807, 2.05) is 13.0 Å². The highest BCUT2D eigenvalue weighted by molar-refractivity contribution is 5.94. The molecule has 11 atom stereocenters. The summed E-state index contributed by atoms with van der Waals surface area (Å²) in [6, 6.07) is 0. The fraction of sp³-hybridized carbons (Fsp3) is 0.824. The molecule has 3 saturated carbocycles. The molecule has 4 aliphatic rings. The van der Waals surface area contributed by atoms with Gasteiger partial charge < -0.3 is 19.3 Å². The van der Waals surface area contributed by atoms with E-state index in [0.717, 1.165) is 32.1 Å². The maximum atomic E-state index is 13.3. The lowest BCUT2D eigenvalue weighted by Crippen LogP contribution is -2.66. The first kappa shape index (κ1) is 32.7. The molecule has 42 heavy (non-hydrogen) atoms. The van der Waals surface area contributed by atoms with Gasteiger partial charge in [0.05, 0.1) is 12.5 Å². The van der Waals surface area contributed by atoms with Gasteiger partial charge in [-0.25, -0.2) is 0 Å². The van der Waals surface area contributed by atoms with Crippen LogP contribution in [-0.2, 0) is 33.4 Å². The highest BCUT2D eigenvalue weighted by atomic mass is 16.6. The lowest BCUT2D eigenvalue weighted by atomic mass is 9.35. The summed E-state index contributed by atoms with van der Waals surface area (Å²) in [7, 11) is 0. The zero-order chi connectivity index (χ0) is 31.4. The summed E-state index contributed by atoms with van der Waals surface area (Å²) in [5.41, 5.74) is -0.680. The Hall–Kier alpha value is -2.22. The highest BCUT2D eigenvalue weighted by Gasteiger charge is 2.68. The molecule has 0 aromatic rings. The van der Waals surface area contributed by atoms with Crippen LogP contribution in [0.4, 0.5) is 0 Å². The molecular formula is C34H52O8. The van der Waals surface area contributed by atoms with Crippen LogP contribution in [0.1, 0.15) is 114 Å². The predicted octanol–water partition coefficient (Wildman–Crippen LogP) is 5.73. The van der Waals surface area contributed by atoms with Gasteiger partial charge in [0.1, 0.15) is 18.3 Å². The van der Waals surface area contributed by atoms with Gasteiger partial charge in [-0.1, -0.05) is 40.2 Å². The molecule has 8 heteroatoms. The van der Waals surface area contributed by atoms with Crippen molar-refractivity contribution in [3.63, 3.8) is 0 Å². The van der Waals surface area contributed by atoms with Crippen LogP contribution in [0.15, 0.2) is 11.6 Å². The van der Waals surface area contributed by atoms with Crippen LogP contribution in [-0.4, -0.2) is 53.2 Å². The topological polar surface area (TPSA) is 116 Å². The third-order valence-corrected chi connectivity index (χ3v) is 12.3. The van der Waals surface area contributed by atoms with Crippen molar-refractivity contribution in [2.45, 2.75) is 138 Å². The molecule has 0 aromatic heterocycles. The summed E-state index contributed by atoms with van der Waals surface area (Å²) in [6.07, 6.45) is 5.72. The van der Waals surface area contributed by atoms with E-state index in [2.05, 4.69) is 27.7 Å². The molecule has 0 aromatic carbocycles. The molecule has 236 valence electrons. The van der Waals surface area contributed by atoms with Crippen molar-refractivity contribution in [2.24, 2.45) is 39.4 Å². The van der Waals surface area contributed by atoms with Gasteiger partial charge in [0, 0.05) is 30.3 Å². The van der Waals surface area contributed by atoms with Crippen molar-refractivity contribution in [1.29, 1.82) is 0 Å². The van der Waals surface area contributed by atoms with Crippen molar-refractivity contribution in [3.05, 3.63) is 11.6 Å². The lowest BCUT2D eigenvalue weighted by Gasteiger charge is -2.70. The fourth-order valence-corrected chi connectivity index (χ4v) is 10.4. The van der Waals surface area contributed by atoms with Crippen molar-refractivity contribution in [3.8, 4) is 0 Å². The van der Waals surface area contributed by atoms with Crippen LogP contribution in [0.25, 0.3) is 0 Å². The molecule has 0 aliphatic heterocycles. The van der Waals surface area contributed by atoms with Crippen LogP contribution in [0, 0.1) is 39.4 Å². The lowest BCUT2D eigenvalue weighted by molar-refractivity contribution is -0.238. The number of ketones is 1. The standard InChI is InChI=1S/C34H52O8/c1-19(40-22(4)36)15-30(39)42-29-17-28-32(7)13-10-12-31(6,21(3)41-23(5)37)26(32)11-14-33(28,8)27-16-25(38)24(20(2)35)18-34(27,29)9/h18-19,21,25-29,38H,10-17H2,1-9H3/t19?,21-,25+,26-,27-,28+,29-,31+,32-,33-,34+/m0/s1. The van der Waals surface area contributed by atoms with Gasteiger partial charge in [-0.05, 0) is 87.9 Å². The van der Waals surface area contributed by atoms with Gasteiger partial charge in [0.25, 0.3) is 0 Å². The van der Waals surface area contributed by atoms with E-state index in [1.165, 1.54) is 20.8 Å². The highest BCUT2D eigenvalue weighted by Crippen LogP contribution is 2.73. The Labute approximate surface area is 251 Å². The molecule has 4 rings (SSSR count). The number of hydrogen-bond acceptors (Lipinski definition) is 8. The van der Waals surface area contributed by atoms with Crippen molar-refractivity contribution in [2.75, 3.05) is 0 Å². The van der Waals surface area contributed by atoms with E-state index >= 15 is 0 Å². The Balaban J connectivity index is 1.76. The smallest absolute Gasteiger partial charge is 0.309 e. The van der Waals surface area contributed by atoms with Gasteiger partial charge >= 0.3 is 17.9 Å². The molecule has 3 fully saturated rings. The first-order valence-electron chi connectivity index (χ1n) is 15.8. The summed E-state index contributed by atoms with van der Waals surface area (Å²) in [4.78, 5) is 49.3. The molecule has 0 bridgehead atoms. The number of ether oxygens (including phenoxy) is 3. The minimum atomic E-state index is -0.859. The van der Waals surface area contributed by atoms with Crippen LogP contribution in [0.2, 0.25) is 0 Å². The van der Waals surface area contributed by atoms with Gasteiger partial charge in [0.15, 0.2) is 5.78 Å². The summed E-state index contributed by atoms with van der Waals surface area (Å²) in [5.74, 6) is -0.819. The van der Waals surface area contributed by atoms with Crippen molar-refractivity contribution in [1.82, 2.24) is 0 Å². The van der Waals surface area contributed by atoms with Crippen LogP contribution in [0.5, 0.6) is 0 Å². The molecule has 0 saturated heterocycles. The SMILES string of the molecule is CC(=O)OC(C)CC(=O)O[C@H]1C[C@@H]2[C@@]3(C)CCC[C@](C)([C@H](C)OC(C)=O)[C@@H]3CC[C@@]2(C)[C@@H]2C[C@@H](O)C(C(C)=O)=C[C@@]12C. The number of rotatable bonds is 7.